The molecule has 0 spiro atoms. The lowest BCUT2D eigenvalue weighted by atomic mass is 10.1. The summed E-state index contributed by atoms with van der Waals surface area (Å²) in [5.41, 5.74) is 7.95. The summed E-state index contributed by atoms with van der Waals surface area (Å²) < 4.78 is 28.4. The first-order chi connectivity index (χ1) is 9.94. The van der Waals surface area contributed by atoms with E-state index in [9.17, 15) is 8.42 Å². The number of halogens is 1. The molecule has 6 heteroatoms. The molecule has 4 nitrogen and oxygen atoms in total. The number of hydrogen-bond donors (Lipinski definition) is 2. The van der Waals surface area contributed by atoms with Crippen LogP contribution in [0.3, 0.4) is 0 Å². The summed E-state index contributed by atoms with van der Waals surface area (Å²) in [5.74, 6) is 0. The maximum absolute atomic E-state index is 12.4. The number of rotatable bonds is 5. The molecular weight excluding hydrogens is 352 g/mol. The zero-order valence-electron chi connectivity index (χ0n) is 11.6. The molecule has 0 aromatic heterocycles. The molecule has 2 aromatic rings. The number of nitrogens with two attached hydrogens (primary N) is 1. The Morgan fingerprint density at radius 3 is 2.57 bits per heavy atom. The van der Waals surface area contributed by atoms with Gasteiger partial charge in [-0.2, -0.15) is 0 Å². The van der Waals surface area contributed by atoms with E-state index in [-0.39, 0.29) is 11.4 Å². The van der Waals surface area contributed by atoms with E-state index in [0.29, 0.717) is 12.1 Å². The Morgan fingerprint density at radius 2 is 1.90 bits per heavy atom. The Bertz CT molecular complexity index is 745. The van der Waals surface area contributed by atoms with Crippen LogP contribution in [0, 0.1) is 6.92 Å². The minimum Gasteiger partial charge on any atom is -0.326 e. The molecule has 112 valence electrons. The molecule has 0 amide bonds. The molecule has 0 saturated heterocycles. The number of hydrogen-bond acceptors (Lipinski definition) is 3. The van der Waals surface area contributed by atoms with Crippen molar-refractivity contribution >= 4 is 26.0 Å². The number of sulfonamides is 1. The van der Waals surface area contributed by atoms with E-state index < -0.39 is 10.0 Å². The van der Waals surface area contributed by atoms with Gasteiger partial charge in [0, 0.05) is 17.6 Å². The van der Waals surface area contributed by atoms with Gasteiger partial charge in [0.25, 0.3) is 0 Å². The minimum absolute atomic E-state index is 0.232. The third-order valence-electron chi connectivity index (χ3n) is 3.19. The van der Waals surface area contributed by atoms with Crippen molar-refractivity contribution in [3.05, 3.63) is 63.6 Å². The van der Waals surface area contributed by atoms with Crippen LogP contribution in [0.1, 0.15) is 16.7 Å². The van der Waals surface area contributed by atoms with E-state index in [1.54, 1.807) is 19.1 Å². The van der Waals surface area contributed by atoms with Gasteiger partial charge in [0.15, 0.2) is 0 Å². The fourth-order valence-electron chi connectivity index (χ4n) is 1.95. The molecule has 0 radical (unpaired) electrons. The van der Waals surface area contributed by atoms with Crippen LogP contribution >= 0.6 is 15.9 Å². The molecule has 0 saturated carbocycles. The van der Waals surface area contributed by atoms with Crippen molar-refractivity contribution in [2.75, 3.05) is 0 Å². The zero-order valence-corrected chi connectivity index (χ0v) is 14.0. The average Bonchev–Trinajstić information content (AvgIpc) is 2.47. The lowest BCUT2D eigenvalue weighted by Crippen LogP contribution is -2.24. The van der Waals surface area contributed by atoms with Crippen molar-refractivity contribution in [3.63, 3.8) is 0 Å². The molecule has 3 N–H and O–H groups in total. The van der Waals surface area contributed by atoms with Gasteiger partial charge in [0.05, 0.1) is 4.90 Å². The van der Waals surface area contributed by atoms with E-state index in [2.05, 4.69) is 20.7 Å². The maximum atomic E-state index is 12.4. The molecule has 0 aliphatic rings. The van der Waals surface area contributed by atoms with Gasteiger partial charge in [-0.15, -0.1) is 0 Å². The second-order valence-corrected chi connectivity index (χ2v) is 7.31. The third-order valence-corrected chi connectivity index (χ3v) is 5.51. The Labute approximate surface area is 133 Å². The van der Waals surface area contributed by atoms with E-state index in [1.165, 1.54) is 0 Å². The lowest BCUT2D eigenvalue weighted by molar-refractivity contribution is 0.580. The maximum Gasteiger partial charge on any atom is 0.241 e. The SMILES string of the molecule is Cc1ccc(CN)cc1S(=O)(=O)NCc1ccccc1Br. The first-order valence-electron chi connectivity index (χ1n) is 6.46. The van der Waals surface area contributed by atoms with E-state index in [1.807, 2.05) is 30.3 Å². The average molecular weight is 369 g/mol. The smallest absolute Gasteiger partial charge is 0.241 e. The summed E-state index contributed by atoms with van der Waals surface area (Å²) in [4.78, 5) is 0.275. The lowest BCUT2D eigenvalue weighted by Gasteiger charge is -2.11. The normalized spacial score (nSPS) is 11.6. The summed E-state index contributed by atoms with van der Waals surface area (Å²) in [5, 5.41) is 0. The summed E-state index contributed by atoms with van der Waals surface area (Å²) in [6.45, 7) is 2.32. The van der Waals surface area contributed by atoms with Gasteiger partial charge >= 0.3 is 0 Å². The van der Waals surface area contributed by atoms with Gasteiger partial charge in [-0.05, 0) is 35.7 Å². The number of benzene rings is 2. The second kappa shape index (κ2) is 6.70. The third kappa shape index (κ3) is 3.91. The molecule has 0 unspecified atom stereocenters. The van der Waals surface area contributed by atoms with Gasteiger partial charge < -0.3 is 5.73 Å². The second-order valence-electron chi connectivity index (χ2n) is 4.72. The van der Waals surface area contributed by atoms with Gasteiger partial charge in [-0.1, -0.05) is 46.3 Å². The predicted molar refractivity (Wildman–Crippen MR) is 87.2 cm³/mol. The van der Waals surface area contributed by atoms with Crippen LogP contribution in [-0.2, 0) is 23.1 Å². The molecule has 0 aliphatic carbocycles. The van der Waals surface area contributed by atoms with Crippen LogP contribution in [0.4, 0.5) is 0 Å². The van der Waals surface area contributed by atoms with Crippen LogP contribution in [0.5, 0.6) is 0 Å². The topological polar surface area (TPSA) is 72.2 Å². The standard InChI is InChI=1S/C15H17BrN2O2S/c1-11-6-7-12(9-17)8-15(11)21(19,20)18-10-13-4-2-3-5-14(13)16/h2-8,18H,9-10,17H2,1H3. The highest BCUT2D eigenvalue weighted by atomic mass is 79.9. The Kier molecular flexibility index (Phi) is 5.16. The summed E-state index contributed by atoms with van der Waals surface area (Å²) in [6.07, 6.45) is 0. The van der Waals surface area contributed by atoms with Crippen molar-refractivity contribution in [1.29, 1.82) is 0 Å². The number of nitrogens with one attached hydrogen (secondary N) is 1. The van der Waals surface area contributed by atoms with E-state index >= 15 is 0 Å². The Hall–Kier alpha value is -1.21. The van der Waals surface area contributed by atoms with E-state index in [0.717, 1.165) is 15.6 Å². The molecule has 21 heavy (non-hydrogen) atoms. The van der Waals surface area contributed by atoms with Crippen molar-refractivity contribution in [2.45, 2.75) is 24.9 Å². The monoisotopic (exact) mass is 368 g/mol. The highest BCUT2D eigenvalue weighted by Gasteiger charge is 2.17. The first kappa shape index (κ1) is 16.2. The Balaban J connectivity index is 2.25. The molecule has 0 atom stereocenters. The molecule has 0 heterocycles. The summed E-state index contributed by atoms with van der Waals surface area (Å²) >= 11 is 3.41. The number of aryl methyl sites for hydroxylation is 1. The molecule has 0 bridgehead atoms. The van der Waals surface area contributed by atoms with Crippen LogP contribution in [-0.4, -0.2) is 8.42 Å². The minimum atomic E-state index is -3.56. The van der Waals surface area contributed by atoms with Gasteiger partial charge in [-0.25, -0.2) is 13.1 Å². The molecule has 2 aromatic carbocycles. The van der Waals surface area contributed by atoms with Gasteiger partial charge in [-0.3, -0.25) is 0 Å². The predicted octanol–water partition coefficient (Wildman–Crippen LogP) is 2.69. The van der Waals surface area contributed by atoms with Crippen LogP contribution < -0.4 is 10.5 Å². The highest BCUT2D eigenvalue weighted by Crippen LogP contribution is 2.19. The van der Waals surface area contributed by atoms with Crippen LogP contribution in [0.2, 0.25) is 0 Å². The quantitative estimate of drug-likeness (QED) is 0.851. The summed E-state index contributed by atoms with van der Waals surface area (Å²) in [7, 11) is -3.56. The van der Waals surface area contributed by atoms with Gasteiger partial charge in [0.1, 0.15) is 0 Å². The molecular formula is C15H17BrN2O2S. The van der Waals surface area contributed by atoms with Crippen molar-refractivity contribution in [1.82, 2.24) is 4.72 Å². The van der Waals surface area contributed by atoms with Gasteiger partial charge in [0.2, 0.25) is 10.0 Å². The fourth-order valence-corrected chi connectivity index (χ4v) is 3.68. The molecule has 0 aliphatic heterocycles. The van der Waals surface area contributed by atoms with Crippen molar-refractivity contribution in [3.8, 4) is 0 Å². The first-order valence-corrected chi connectivity index (χ1v) is 8.74. The fraction of sp³-hybridized carbons (Fsp3) is 0.200. The van der Waals surface area contributed by atoms with E-state index in [4.69, 9.17) is 5.73 Å². The van der Waals surface area contributed by atoms with Crippen molar-refractivity contribution in [2.24, 2.45) is 5.73 Å². The van der Waals surface area contributed by atoms with Crippen LogP contribution in [0.15, 0.2) is 51.8 Å². The van der Waals surface area contributed by atoms with Crippen molar-refractivity contribution < 1.29 is 8.42 Å². The largest absolute Gasteiger partial charge is 0.326 e. The molecule has 2 rings (SSSR count). The molecule has 0 fully saturated rings. The zero-order chi connectivity index (χ0) is 15.5. The van der Waals surface area contributed by atoms with Crippen LogP contribution in [0.25, 0.3) is 0 Å². The highest BCUT2D eigenvalue weighted by molar-refractivity contribution is 9.10. The summed E-state index contributed by atoms with van der Waals surface area (Å²) in [6, 6.07) is 12.7. The Morgan fingerprint density at radius 1 is 1.19 bits per heavy atom.